The number of rotatable bonds is 4. The Balaban J connectivity index is 1.64. The quantitative estimate of drug-likeness (QED) is 0.770. The molecule has 26 heavy (non-hydrogen) atoms. The molecule has 0 spiro atoms. The Bertz CT molecular complexity index is 955. The molecule has 1 atom stereocenters. The molecule has 4 rings (SSSR count). The molecule has 0 bridgehead atoms. The molecular formula is C21H23N3O2. The van der Waals surface area contributed by atoms with E-state index in [4.69, 9.17) is 9.72 Å². The van der Waals surface area contributed by atoms with Crippen molar-refractivity contribution in [3.05, 3.63) is 59.4 Å². The first-order valence-corrected chi connectivity index (χ1v) is 9.06. The molecule has 2 heterocycles. The molecule has 134 valence electrons. The third-order valence-corrected chi connectivity index (χ3v) is 5.08. The number of fused-ring (bicyclic) bond motifs is 1. The Hall–Kier alpha value is -2.66. The van der Waals surface area contributed by atoms with Crippen molar-refractivity contribution in [1.82, 2.24) is 9.55 Å². The lowest BCUT2D eigenvalue weighted by Gasteiger charge is -2.15. The number of carbonyl (C=O) groups excluding carboxylic acids is 1. The molecule has 1 aliphatic heterocycles. The van der Waals surface area contributed by atoms with Gasteiger partial charge in [-0.3, -0.25) is 4.79 Å². The Kier molecular flexibility index (Phi) is 4.47. The Morgan fingerprint density at radius 2 is 2.08 bits per heavy atom. The second-order valence-electron chi connectivity index (χ2n) is 6.84. The number of amides is 1. The lowest BCUT2D eigenvalue weighted by molar-refractivity contribution is -0.116. The molecular weight excluding hydrogens is 326 g/mol. The van der Waals surface area contributed by atoms with Crippen molar-refractivity contribution < 1.29 is 9.53 Å². The first-order chi connectivity index (χ1) is 12.6. The molecule has 2 aromatic carbocycles. The van der Waals surface area contributed by atoms with E-state index in [0.29, 0.717) is 0 Å². The van der Waals surface area contributed by atoms with Gasteiger partial charge in [0.2, 0.25) is 5.91 Å². The highest BCUT2D eigenvalue weighted by molar-refractivity contribution is 5.92. The number of ether oxygens (including phenoxy) is 1. The second kappa shape index (κ2) is 6.92. The summed E-state index contributed by atoms with van der Waals surface area (Å²) < 4.78 is 7.82. The number of para-hydroxylation sites is 2. The smallest absolute Gasteiger partial charge is 0.244 e. The minimum atomic E-state index is -0.0545. The van der Waals surface area contributed by atoms with E-state index in [2.05, 4.69) is 5.32 Å². The van der Waals surface area contributed by atoms with Crippen molar-refractivity contribution in [2.45, 2.75) is 39.3 Å². The van der Waals surface area contributed by atoms with E-state index in [-0.39, 0.29) is 18.6 Å². The number of aromatic nitrogens is 2. The van der Waals surface area contributed by atoms with Crippen LogP contribution in [-0.2, 0) is 16.1 Å². The largest absolute Gasteiger partial charge is 0.370 e. The predicted molar refractivity (Wildman–Crippen MR) is 102 cm³/mol. The lowest BCUT2D eigenvalue weighted by Crippen LogP contribution is -2.21. The van der Waals surface area contributed by atoms with E-state index in [1.165, 1.54) is 0 Å². The number of aryl methyl sites for hydroxylation is 1. The van der Waals surface area contributed by atoms with Crippen molar-refractivity contribution in [2.24, 2.45) is 0 Å². The molecule has 1 aliphatic rings. The molecule has 1 fully saturated rings. The van der Waals surface area contributed by atoms with Crippen LogP contribution in [0.3, 0.4) is 0 Å². The third kappa shape index (κ3) is 3.10. The number of hydrogen-bond acceptors (Lipinski definition) is 3. The summed E-state index contributed by atoms with van der Waals surface area (Å²) in [5.41, 5.74) is 4.98. The van der Waals surface area contributed by atoms with Crippen molar-refractivity contribution in [2.75, 3.05) is 11.9 Å². The zero-order valence-corrected chi connectivity index (χ0v) is 15.2. The van der Waals surface area contributed by atoms with Crippen LogP contribution in [-0.4, -0.2) is 22.1 Å². The summed E-state index contributed by atoms with van der Waals surface area (Å²) in [7, 11) is 0. The number of benzene rings is 2. The van der Waals surface area contributed by atoms with E-state index in [0.717, 1.165) is 53.1 Å². The molecule has 5 heteroatoms. The number of imidazole rings is 1. The Morgan fingerprint density at radius 3 is 2.88 bits per heavy atom. The molecule has 1 saturated heterocycles. The minimum Gasteiger partial charge on any atom is -0.370 e. The van der Waals surface area contributed by atoms with E-state index in [9.17, 15) is 4.79 Å². The standard InChI is InChI=1S/C21H23N3O2/c1-14-7-5-9-16(15(14)2)22-20(25)13-24-18-10-4-3-8-17(18)23-21(24)19-11-6-12-26-19/h3-5,7-10,19H,6,11-13H2,1-2H3,(H,22,25). The monoisotopic (exact) mass is 349 g/mol. The van der Waals surface area contributed by atoms with E-state index >= 15 is 0 Å². The van der Waals surface area contributed by atoms with Crippen LogP contribution in [0.15, 0.2) is 42.5 Å². The molecule has 1 aromatic heterocycles. The predicted octanol–water partition coefficient (Wildman–Crippen LogP) is 4.14. The molecule has 0 aliphatic carbocycles. The maximum Gasteiger partial charge on any atom is 0.244 e. The van der Waals surface area contributed by atoms with Gasteiger partial charge in [0.25, 0.3) is 0 Å². The van der Waals surface area contributed by atoms with E-state index in [1.54, 1.807) is 0 Å². The summed E-state index contributed by atoms with van der Waals surface area (Å²) in [4.78, 5) is 17.5. The van der Waals surface area contributed by atoms with Crippen LogP contribution in [0.25, 0.3) is 11.0 Å². The summed E-state index contributed by atoms with van der Waals surface area (Å²) in [5.74, 6) is 0.793. The summed E-state index contributed by atoms with van der Waals surface area (Å²) in [5, 5.41) is 3.04. The van der Waals surface area contributed by atoms with Gasteiger partial charge in [-0.25, -0.2) is 4.98 Å². The summed E-state index contributed by atoms with van der Waals surface area (Å²) in [6.45, 7) is 5.05. The summed E-state index contributed by atoms with van der Waals surface area (Å²) in [6.07, 6.45) is 1.95. The first-order valence-electron chi connectivity index (χ1n) is 9.06. The molecule has 3 aromatic rings. The van der Waals surface area contributed by atoms with E-state index in [1.807, 2.05) is 60.9 Å². The highest BCUT2D eigenvalue weighted by atomic mass is 16.5. The van der Waals surface area contributed by atoms with Crippen LogP contribution >= 0.6 is 0 Å². The fourth-order valence-corrected chi connectivity index (χ4v) is 3.51. The summed E-state index contributed by atoms with van der Waals surface area (Å²) in [6, 6.07) is 13.9. The van der Waals surface area contributed by atoms with Gasteiger partial charge in [-0.1, -0.05) is 24.3 Å². The maximum atomic E-state index is 12.8. The molecule has 1 amide bonds. The zero-order valence-electron chi connectivity index (χ0n) is 15.2. The van der Waals surface area contributed by atoms with Gasteiger partial charge in [0, 0.05) is 12.3 Å². The lowest BCUT2D eigenvalue weighted by atomic mass is 10.1. The van der Waals surface area contributed by atoms with Gasteiger partial charge >= 0.3 is 0 Å². The van der Waals surface area contributed by atoms with Crippen molar-refractivity contribution in [1.29, 1.82) is 0 Å². The average Bonchev–Trinajstić information content (AvgIpc) is 3.27. The number of nitrogens with one attached hydrogen (secondary N) is 1. The van der Waals surface area contributed by atoms with Gasteiger partial charge in [0.1, 0.15) is 18.5 Å². The Morgan fingerprint density at radius 1 is 1.23 bits per heavy atom. The SMILES string of the molecule is Cc1cccc(NC(=O)Cn2c(C3CCCO3)nc3ccccc32)c1C. The summed E-state index contributed by atoms with van der Waals surface area (Å²) >= 11 is 0. The van der Waals surface area contributed by atoms with Crippen LogP contribution in [0, 0.1) is 13.8 Å². The molecule has 0 radical (unpaired) electrons. The number of carbonyl (C=O) groups is 1. The van der Waals surface area contributed by atoms with Gasteiger partial charge in [-0.05, 0) is 56.0 Å². The zero-order chi connectivity index (χ0) is 18.1. The fraction of sp³-hybridized carbons (Fsp3) is 0.333. The van der Waals surface area contributed by atoms with Crippen LogP contribution in [0.2, 0.25) is 0 Å². The van der Waals surface area contributed by atoms with Gasteiger partial charge in [0.05, 0.1) is 11.0 Å². The van der Waals surface area contributed by atoms with Crippen molar-refractivity contribution in [3.8, 4) is 0 Å². The molecule has 5 nitrogen and oxygen atoms in total. The van der Waals surface area contributed by atoms with Gasteiger partial charge in [0.15, 0.2) is 0 Å². The highest BCUT2D eigenvalue weighted by Crippen LogP contribution is 2.30. The number of anilines is 1. The highest BCUT2D eigenvalue weighted by Gasteiger charge is 2.25. The van der Waals surface area contributed by atoms with Crippen molar-refractivity contribution >= 4 is 22.6 Å². The van der Waals surface area contributed by atoms with E-state index < -0.39 is 0 Å². The normalized spacial score (nSPS) is 16.9. The number of nitrogens with zero attached hydrogens (tertiary/aromatic N) is 2. The topological polar surface area (TPSA) is 56.2 Å². The van der Waals surface area contributed by atoms with Crippen LogP contribution in [0.5, 0.6) is 0 Å². The third-order valence-electron chi connectivity index (χ3n) is 5.08. The molecule has 1 N–H and O–H groups in total. The average molecular weight is 349 g/mol. The van der Waals surface area contributed by atoms with Crippen LogP contribution in [0.1, 0.15) is 35.9 Å². The second-order valence-corrected chi connectivity index (χ2v) is 6.84. The van der Waals surface area contributed by atoms with Gasteiger partial charge in [-0.15, -0.1) is 0 Å². The van der Waals surface area contributed by atoms with Gasteiger partial charge < -0.3 is 14.6 Å². The van der Waals surface area contributed by atoms with Crippen LogP contribution in [0.4, 0.5) is 5.69 Å². The Labute approximate surface area is 153 Å². The fourth-order valence-electron chi connectivity index (χ4n) is 3.51. The number of hydrogen-bond donors (Lipinski definition) is 1. The van der Waals surface area contributed by atoms with Crippen molar-refractivity contribution in [3.63, 3.8) is 0 Å². The van der Waals surface area contributed by atoms with Gasteiger partial charge in [-0.2, -0.15) is 0 Å². The van der Waals surface area contributed by atoms with Crippen LogP contribution < -0.4 is 5.32 Å². The minimum absolute atomic E-state index is 0.0316. The maximum absolute atomic E-state index is 12.8. The molecule has 0 saturated carbocycles. The molecule has 1 unspecified atom stereocenters. The first kappa shape index (κ1) is 16.8.